The van der Waals surface area contributed by atoms with Gasteiger partial charge < -0.3 is 15.4 Å². The Kier molecular flexibility index (Phi) is 6.13. The Morgan fingerprint density at radius 3 is 2.73 bits per heavy atom. The number of nitrogens with zero attached hydrogens (tertiary/aromatic N) is 2. The number of benzene rings is 1. The van der Waals surface area contributed by atoms with E-state index in [0.29, 0.717) is 18.7 Å². The molecule has 8 heteroatoms. The standard InChI is InChI=1S/C14H19N3O4.ClH/c1-9-8-16(6-5-11(9)15)14(18)10-3-4-13(21-2)12(7-10)17(19)20;/h3-4,7,9,11H,5-6,8,15H2,1-2H3;1H. The molecule has 0 spiro atoms. The maximum Gasteiger partial charge on any atom is 0.311 e. The van der Waals surface area contributed by atoms with Gasteiger partial charge in [-0.25, -0.2) is 0 Å². The molecule has 2 unspecified atom stereocenters. The number of nitro benzene ring substituents is 1. The van der Waals surface area contributed by atoms with Gasteiger partial charge in [0, 0.05) is 30.8 Å². The zero-order valence-corrected chi connectivity index (χ0v) is 13.3. The number of halogens is 1. The van der Waals surface area contributed by atoms with Crippen molar-refractivity contribution in [1.29, 1.82) is 0 Å². The first-order valence-corrected chi connectivity index (χ1v) is 6.81. The summed E-state index contributed by atoms with van der Waals surface area (Å²) in [6.07, 6.45) is 0.741. The Hall–Kier alpha value is -1.86. The first-order valence-electron chi connectivity index (χ1n) is 6.81. The Morgan fingerprint density at radius 2 is 2.18 bits per heavy atom. The maximum atomic E-state index is 12.4. The SMILES string of the molecule is COc1ccc(C(=O)N2CCC(N)C(C)C2)cc1[N+](=O)[O-].Cl. The highest BCUT2D eigenvalue weighted by atomic mass is 35.5. The largest absolute Gasteiger partial charge is 0.490 e. The van der Waals surface area contributed by atoms with E-state index in [4.69, 9.17) is 10.5 Å². The fraction of sp³-hybridized carbons (Fsp3) is 0.500. The predicted molar refractivity (Wildman–Crippen MR) is 84.6 cm³/mol. The van der Waals surface area contributed by atoms with Crippen LogP contribution in [0.2, 0.25) is 0 Å². The van der Waals surface area contributed by atoms with Crippen LogP contribution in [0.4, 0.5) is 5.69 Å². The normalized spacial score (nSPS) is 21.0. The van der Waals surface area contributed by atoms with Gasteiger partial charge in [0.25, 0.3) is 5.91 Å². The van der Waals surface area contributed by atoms with Crippen LogP contribution in [0.5, 0.6) is 5.75 Å². The number of amides is 1. The number of ether oxygens (including phenoxy) is 1. The van der Waals surface area contributed by atoms with Gasteiger partial charge in [-0.05, 0) is 24.5 Å². The summed E-state index contributed by atoms with van der Waals surface area (Å²) in [6.45, 7) is 3.14. The average molecular weight is 330 g/mol. The van der Waals surface area contributed by atoms with Gasteiger partial charge in [0.2, 0.25) is 0 Å². The molecule has 2 rings (SSSR count). The highest BCUT2D eigenvalue weighted by molar-refractivity contribution is 5.95. The number of carbonyl (C=O) groups is 1. The molecule has 1 heterocycles. The van der Waals surface area contributed by atoms with Crippen LogP contribution in [0.15, 0.2) is 18.2 Å². The molecule has 1 aliphatic rings. The third-order valence-electron chi connectivity index (χ3n) is 3.88. The number of hydrogen-bond donors (Lipinski definition) is 1. The Labute approximate surface area is 135 Å². The molecular formula is C14H20ClN3O4. The third kappa shape index (κ3) is 3.66. The summed E-state index contributed by atoms with van der Waals surface area (Å²) in [5.74, 6) is 0.154. The number of hydrogen-bond acceptors (Lipinski definition) is 5. The topological polar surface area (TPSA) is 98.7 Å². The summed E-state index contributed by atoms with van der Waals surface area (Å²) in [5, 5.41) is 11.0. The summed E-state index contributed by atoms with van der Waals surface area (Å²) in [7, 11) is 1.36. The van der Waals surface area contributed by atoms with Gasteiger partial charge in [0.05, 0.1) is 12.0 Å². The van der Waals surface area contributed by atoms with Crippen LogP contribution >= 0.6 is 12.4 Å². The summed E-state index contributed by atoms with van der Waals surface area (Å²) >= 11 is 0. The molecule has 22 heavy (non-hydrogen) atoms. The highest BCUT2D eigenvalue weighted by Crippen LogP contribution is 2.28. The fourth-order valence-corrected chi connectivity index (χ4v) is 2.50. The molecule has 122 valence electrons. The van der Waals surface area contributed by atoms with Crippen LogP contribution in [0, 0.1) is 16.0 Å². The predicted octanol–water partition coefficient (Wildman–Crippen LogP) is 1.83. The quantitative estimate of drug-likeness (QED) is 0.673. The van der Waals surface area contributed by atoms with Crippen molar-refractivity contribution >= 4 is 24.0 Å². The van der Waals surface area contributed by atoms with Gasteiger partial charge in [-0.2, -0.15) is 0 Å². The second-order valence-corrected chi connectivity index (χ2v) is 5.32. The number of nitrogens with two attached hydrogens (primary N) is 1. The number of likely N-dealkylation sites (tertiary alicyclic amines) is 1. The minimum Gasteiger partial charge on any atom is -0.490 e. The first kappa shape index (κ1) is 18.2. The number of methoxy groups -OCH3 is 1. The lowest BCUT2D eigenvalue weighted by Gasteiger charge is -2.35. The Balaban J connectivity index is 0.00000242. The molecule has 1 aromatic carbocycles. The van der Waals surface area contributed by atoms with E-state index in [-0.39, 0.29) is 41.7 Å². The Bertz CT molecular complexity index is 567. The van der Waals surface area contributed by atoms with Crippen LogP contribution < -0.4 is 10.5 Å². The number of nitro groups is 1. The maximum absolute atomic E-state index is 12.4. The van der Waals surface area contributed by atoms with Crippen molar-refractivity contribution in [3.63, 3.8) is 0 Å². The molecular weight excluding hydrogens is 310 g/mol. The monoisotopic (exact) mass is 329 g/mol. The van der Waals surface area contributed by atoms with E-state index in [1.165, 1.54) is 19.2 Å². The van der Waals surface area contributed by atoms with Crippen molar-refractivity contribution in [3.8, 4) is 5.75 Å². The summed E-state index contributed by atoms with van der Waals surface area (Å²) in [5.41, 5.74) is 6.03. The summed E-state index contributed by atoms with van der Waals surface area (Å²) in [4.78, 5) is 24.6. The lowest BCUT2D eigenvalue weighted by Crippen LogP contribution is -2.48. The lowest BCUT2D eigenvalue weighted by atomic mass is 9.94. The molecule has 1 saturated heterocycles. The van der Waals surface area contributed by atoms with Crippen LogP contribution in [0.3, 0.4) is 0 Å². The molecule has 0 radical (unpaired) electrons. The second-order valence-electron chi connectivity index (χ2n) is 5.32. The van der Waals surface area contributed by atoms with E-state index in [2.05, 4.69) is 0 Å². The number of piperidine rings is 1. The molecule has 1 aliphatic heterocycles. The first-order chi connectivity index (χ1) is 9.93. The van der Waals surface area contributed by atoms with Crippen molar-refractivity contribution in [2.24, 2.45) is 11.7 Å². The Morgan fingerprint density at radius 1 is 1.50 bits per heavy atom. The molecule has 1 amide bonds. The van der Waals surface area contributed by atoms with Crippen LogP contribution in [-0.4, -0.2) is 42.0 Å². The second kappa shape index (κ2) is 7.42. The van der Waals surface area contributed by atoms with E-state index in [1.807, 2.05) is 6.92 Å². The zero-order chi connectivity index (χ0) is 15.6. The zero-order valence-electron chi connectivity index (χ0n) is 12.5. The van der Waals surface area contributed by atoms with E-state index < -0.39 is 4.92 Å². The molecule has 2 atom stereocenters. The van der Waals surface area contributed by atoms with Gasteiger partial charge in [0.1, 0.15) is 0 Å². The molecule has 7 nitrogen and oxygen atoms in total. The highest BCUT2D eigenvalue weighted by Gasteiger charge is 2.28. The van der Waals surface area contributed by atoms with E-state index in [1.54, 1.807) is 11.0 Å². The van der Waals surface area contributed by atoms with Crippen LogP contribution in [-0.2, 0) is 0 Å². The summed E-state index contributed by atoms with van der Waals surface area (Å²) in [6, 6.07) is 4.36. The average Bonchev–Trinajstić information content (AvgIpc) is 2.48. The smallest absolute Gasteiger partial charge is 0.311 e. The van der Waals surface area contributed by atoms with Gasteiger partial charge in [-0.3, -0.25) is 14.9 Å². The van der Waals surface area contributed by atoms with Gasteiger partial charge in [0.15, 0.2) is 5.75 Å². The van der Waals surface area contributed by atoms with Crippen LogP contribution in [0.1, 0.15) is 23.7 Å². The molecule has 2 N–H and O–H groups in total. The minimum atomic E-state index is -0.551. The minimum absolute atomic E-state index is 0. The molecule has 0 aromatic heterocycles. The fourth-order valence-electron chi connectivity index (χ4n) is 2.50. The number of rotatable bonds is 3. The third-order valence-corrected chi connectivity index (χ3v) is 3.88. The molecule has 1 aromatic rings. The van der Waals surface area contributed by atoms with E-state index in [0.717, 1.165) is 6.42 Å². The van der Waals surface area contributed by atoms with Gasteiger partial charge in [-0.1, -0.05) is 6.92 Å². The van der Waals surface area contributed by atoms with E-state index in [9.17, 15) is 14.9 Å². The lowest BCUT2D eigenvalue weighted by molar-refractivity contribution is -0.385. The van der Waals surface area contributed by atoms with Gasteiger partial charge in [-0.15, -0.1) is 12.4 Å². The van der Waals surface area contributed by atoms with Crippen molar-refractivity contribution in [2.75, 3.05) is 20.2 Å². The molecule has 1 fully saturated rings. The number of carbonyl (C=O) groups excluding carboxylic acids is 1. The van der Waals surface area contributed by atoms with Crippen molar-refractivity contribution in [1.82, 2.24) is 4.90 Å². The van der Waals surface area contributed by atoms with Crippen LogP contribution in [0.25, 0.3) is 0 Å². The molecule has 0 aliphatic carbocycles. The van der Waals surface area contributed by atoms with Crippen molar-refractivity contribution in [2.45, 2.75) is 19.4 Å². The van der Waals surface area contributed by atoms with E-state index >= 15 is 0 Å². The summed E-state index contributed by atoms with van der Waals surface area (Å²) < 4.78 is 4.93. The molecule has 0 saturated carbocycles. The molecule has 0 bridgehead atoms. The van der Waals surface area contributed by atoms with Gasteiger partial charge >= 0.3 is 5.69 Å². The van der Waals surface area contributed by atoms with Crippen molar-refractivity contribution < 1.29 is 14.5 Å². The van der Waals surface area contributed by atoms with Crippen molar-refractivity contribution in [3.05, 3.63) is 33.9 Å².